The standard InChI is InChI=1S/C13H18N2O2/c1-15(11-7-9-14-10-8-11)13(16)17-12-5-3-2-4-6-12/h2-6,11,14H,7-10H2,1H3. The molecule has 4 nitrogen and oxygen atoms in total. The summed E-state index contributed by atoms with van der Waals surface area (Å²) in [5, 5.41) is 3.28. The van der Waals surface area contributed by atoms with Gasteiger partial charge in [-0.25, -0.2) is 4.79 Å². The Morgan fingerprint density at radius 3 is 2.59 bits per heavy atom. The minimum atomic E-state index is -0.275. The Hall–Kier alpha value is -1.55. The van der Waals surface area contributed by atoms with E-state index < -0.39 is 0 Å². The predicted molar refractivity (Wildman–Crippen MR) is 66.1 cm³/mol. The van der Waals surface area contributed by atoms with Gasteiger partial charge < -0.3 is 15.0 Å². The molecule has 0 saturated carbocycles. The van der Waals surface area contributed by atoms with Crippen LogP contribution in [0.5, 0.6) is 5.75 Å². The molecule has 1 N–H and O–H groups in total. The van der Waals surface area contributed by atoms with Crippen LogP contribution >= 0.6 is 0 Å². The van der Waals surface area contributed by atoms with E-state index in [1.165, 1.54) is 0 Å². The van der Waals surface area contributed by atoms with Gasteiger partial charge in [0.1, 0.15) is 5.75 Å². The number of piperidine rings is 1. The van der Waals surface area contributed by atoms with E-state index in [1.54, 1.807) is 24.1 Å². The highest BCUT2D eigenvalue weighted by atomic mass is 16.6. The number of hydrogen-bond acceptors (Lipinski definition) is 3. The molecule has 0 aliphatic carbocycles. The number of amides is 1. The highest BCUT2D eigenvalue weighted by Crippen LogP contribution is 2.14. The quantitative estimate of drug-likeness (QED) is 0.849. The third-order valence-electron chi connectivity index (χ3n) is 3.09. The van der Waals surface area contributed by atoms with E-state index in [0.717, 1.165) is 25.9 Å². The molecule has 0 aromatic heterocycles. The van der Waals surface area contributed by atoms with Crippen LogP contribution in [0.3, 0.4) is 0 Å². The summed E-state index contributed by atoms with van der Waals surface area (Å²) in [5.41, 5.74) is 0. The third-order valence-corrected chi connectivity index (χ3v) is 3.09. The Kier molecular flexibility index (Phi) is 3.98. The Balaban J connectivity index is 1.90. The molecule has 4 heteroatoms. The monoisotopic (exact) mass is 234 g/mol. The molecule has 0 radical (unpaired) electrons. The molecule has 0 unspecified atom stereocenters. The van der Waals surface area contributed by atoms with Crippen LogP contribution in [0.15, 0.2) is 30.3 Å². The fourth-order valence-corrected chi connectivity index (χ4v) is 2.00. The topological polar surface area (TPSA) is 41.6 Å². The lowest BCUT2D eigenvalue weighted by Crippen LogP contribution is -2.45. The Morgan fingerprint density at radius 2 is 1.94 bits per heavy atom. The van der Waals surface area contributed by atoms with Crippen molar-refractivity contribution in [2.75, 3.05) is 20.1 Å². The molecule has 1 aliphatic heterocycles. The van der Waals surface area contributed by atoms with Gasteiger partial charge in [-0.15, -0.1) is 0 Å². The second-order valence-electron chi connectivity index (χ2n) is 4.27. The van der Waals surface area contributed by atoms with E-state index in [4.69, 9.17) is 4.74 Å². The van der Waals surface area contributed by atoms with E-state index >= 15 is 0 Å². The van der Waals surface area contributed by atoms with Gasteiger partial charge in [0.05, 0.1) is 0 Å². The van der Waals surface area contributed by atoms with E-state index in [2.05, 4.69) is 5.32 Å². The van der Waals surface area contributed by atoms with Gasteiger partial charge in [-0.05, 0) is 38.1 Å². The highest BCUT2D eigenvalue weighted by molar-refractivity contribution is 5.70. The van der Waals surface area contributed by atoms with E-state index in [-0.39, 0.29) is 12.1 Å². The summed E-state index contributed by atoms with van der Waals surface area (Å²) < 4.78 is 5.30. The maximum Gasteiger partial charge on any atom is 0.415 e. The van der Waals surface area contributed by atoms with Gasteiger partial charge in [-0.1, -0.05) is 18.2 Å². The molecule has 1 heterocycles. The van der Waals surface area contributed by atoms with Crippen molar-refractivity contribution < 1.29 is 9.53 Å². The Morgan fingerprint density at radius 1 is 1.29 bits per heavy atom. The molecule has 1 aromatic rings. The zero-order chi connectivity index (χ0) is 12.1. The number of nitrogens with one attached hydrogen (secondary N) is 1. The lowest BCUT2D eigenvalue weighted by atomic mass is 10.1. The van der Waals surface area contributed by atoms with Crippen molar-refractivity contribution in [2.45, 2.75) is 18.9 Å². The molecule has 92 valence electrons. The van der Waals surface area contributed by atoms with E-state index in [9.17, 15) is 4.79 Å². The summed E-state index contributed by atoms with van der Waals surface area (Å²) >= 11 is 0. The van der Waals surface area contributed by atoms with Crippen molar-refractivity contribution in [3.63, 3.8) is 0 Å². The molecule has 1 aliphatic rings. The average Bonchev–Trinajstić information content (AvgIpc) is 2.40. The zero-order valence-corrected chi connectivity index (χ0v) is 10.1. The first-order chi connectivity index (χ1) is 8.27. The van der Waals surface area contributed by atoms with E-state index in [0.29, 0.717) is 5.75 Å². The van der Waals surface area contributed by atoms with Crippen molar-refractivity contribution in [2.24, 2.45) is 0 Å². The van der Waals surface area contributed by atoms with E-state index in [1.807, 2.05) is 18.2 Å². The highest BCUT2D eigenvalue weighted by Gasteiger charge is 2.23. The number of para-hydroxylation sites is 1. The lowest BCUT2D eigenvalue weighted by molar-refractivity contribution is 0.135. The maximum absolute atomic E-state index is 11.9. The second-order valence-corrected chi connectivity index (χ2v) is 4.27. The van der Waals surface area contributed by atoms with Crippen LogP contribution in [0, 0.1) is 0 Å². The van der Waals surface area contributed by atoms with Crippen molar-refractivity contribution in [1.82, 2.24) is 10.2 Å². The summed E-state index contributed by atoms with van der Waals surface area (Å²) in [7, 11) is 1.81. The Bertz CT molecular complexity index is 361. The van der Waals surface area contributed by atoms with Gasteiger partial charge in [0, 0.05) is 13.1 Å². The van der Waals surface area contributed by atoms with Crippen molar-refractivity contribution in [1.29, 1.82) is 0 Å². The van der Waals surface area contributed by atoms with Gasteiger partial charge in [0.25, 0.3) is 0 Å². The Labute approximate surface area is 102 Å². The number of carbonyl (C=O) groups excluding carboxylic acids is 1. The summed E-state index contributed by atoms with van der Waals surface area (Å²) in [5.74, 6) is 0.596. The van der Waals surface area contributed by atoms with Crippen molar-refractivity contribution in [3.05, 3.63) is 30.3 Å². The van der Waals surface area contributed by atoms with Gasteiger partial charge in [-0.3, -0.25) is 0 Å². The van der Waals surface area contributed by atoms with Crippen LogP contribution in [0.1, 0.15) is 12.8 Å². The number of benzene rings is 1. The summed E-state index contributed by atoms with van der Waals surface area (Å²) in [6, 6.07) is 9.46. The van der Waals surface area contributed by atoms with Crippen LogP contribution < -0.4 is 10.1 Å². The molecule has 0 atom stereocenters. The number of rotatable bonds is 2. The summed E-state index contributed by atoms with van der Waals surface area (Å²) in [4.78, 5) is 13.6. The fourth-order valence-electron chi connectivity index (χ4n) is 2.00. The fraction of sp³-hybridized carbons (Fsp3) is 0.462. The molecule has 1 saturated heterocycles. The zero-order valence-electron chi connectivity index (χ0n) is 10.1. The van der Waals surface area contributed by atoms with Crippen LogP contribution in [0.2, 0.25) is 0 Å². The minimum Gasteiger partial charge on any atom is -0.410 e. The normalized spacial score (nSPS) is 16.5. The average molecular weight is 234 g/mol. The molecular formula is C13H18N2O2. The van der Waals surface area contributed by atoms with Gasteiger partial charge >= 0.3 is 6.09 Å². The number of hydrogen-bond donors (Lipinski definition) is 1. The van der Waals surface area contributed by atoms with Gasteiger partial charge in [0.15, 0.2) is 0 Å². The van der Waals surface area contributed by atoms with Gasteiger partial charge in [-0.2, -0.15) is 0 Å². The number of ether oxygens (including phenoxy) is 1. The number of carbonyl (C=O) groups is 1. The molecule has 0 bridgehead atoms. The number of nitrogens with zero attached hydrogens (tertiary/aromatic N) is 1. The van der Waals surface area contributed by atoms with Crippen molar-refractivity contribution in [3.8, 4) is 5.75 Å². The summed E-state index contributed by atoms with van der Waals surface area (Å²) in [6.07, 6.45) is 1.70. The maximum atomic E-state index is 11.9. The van der Waals surface area contributed by atoms with Crippen LogP contribution in [0.4, 0.5) is 4.79 Å². The van der Waals surface area contributed by atoms with Crippen molar-refractivity contribution >= 4 is 6.09 Å². The van der Waals surface area contributed by atoms with Gasteiger partial charge in [0.2, 0.25) is 0 Å². The molecular weight excluding hydrogens is 216 g/mol. The molecule has 2 rings (SSSR count). The first-order valence-corrected chi connectivity index (χ1v) is 5.98. The first-order valence-electron chi connectivity index (χ1n) is 5.98. The molecule has 0 spiro atoms. The van der Waals surface area contributed by atoms with Crippen LogP contribution in [0.25, 0.3) is 0 Å². The smallest absolute Gasteiger partial charge is 0.410 e. The lowest BCUT2D eigenvalue weighted by Gasteiger charge is -2.30. The molecule has 1 aromatic carbocycles. The molecule has 17 heavy (non-hydrogen) atoms. The van der Waals surface area contributed by atoms with Crippen LogP contribution in [-0.4, -0.2) is 37.2 Å². The third kappa shape index (κ3) is 3.20. The first kappa shape index (κ1) is 11.9. The SMILES string of the molecule is CN(C(=O)Oc1ccccc1)C1CCNCC1. The molecule has 1 fully saturated rings. The largest absolute Gasteiger partial charge is 0.415 e. The second kappa shape index (κ2) is 5.68. The van der Waals surface area contributed by atoms with Crippen LogP contribution in [-0.2, 0) is 0 Å². The predicted octanol–water partition coefficient (Wildman–Crippen LogP) is 1.87. The summed E-state index contributed by atoms with van der Waals surface area (Å²) in [6.45, 7) is 1.93. The minimum absolute atomic E-state index is 0.275. The molecule has 1 amide bonds.